The monoisotopic (exact) mass is 301 g/mol. The van der Waals surface area contributed by atoms with Gasteiger partial charge in [0.2, 0.25) is 0 Å². The van der Waals surface area contributed by atoms with Crippen LogP contribution in [0.15, 0.2) is 42.5 Å². The first-order valence-corrected chi connectivity index (χ1v) is 7.12. The summed E-state index contributed by atoms with van der Waals surface area (Å²) in [5, 5.41) is 18.7. The van der Waals surface area contributed by atoms with Crippen molar-refractivity contribution in [1.29, 1.82) is 0 Å². The largest absolute Gasteiger partial charge is 0.395 e. The van der Waals surface area contributed by atoms with Gasteiger partial charge in [-0.25, -0.2) is 4.68 Å². The number of para-hydroxylation sites is 1. The minimum Gasteiger partial charge on any atom is -0.395 e. The first-order chi connectivity index (χ1) is 10.0. The highest BCUT2D eigenvalue weighted by atomic mass is 35.5. The van der Waals surface area contributed by atoms with E-state index in [4.69, 9.17) is 11.6 Å². The van der Waals surface area contributed by atoms with Crippen LogP contribution in [0.4, 0.5) is 0 Å². The van der Waals surface area contributed by atoms with Crippen molar-refractivity contribution in [3.05, 3.63) is 53.1 Å². The molecule has 0 unspecified atom stereocenters. The first kappa shape index (κ1) is 14.0. The number of benzene rings is 2. The van der Waals surface area contributed by atoms with E-state index >= 15 is 0 Å². The molecule has 21 heavy (non-hydrogen) atoms. The van der Waals surface area contributed by atoms with Gasteiger partial charge in [-0.05, 0) is 29.8 Å². The molecule has 2 aromatic carbocycles. The SMILES string of the molecule is CC(C)(CO)c1ccccc1-n1nnc2cc(Cl)ccc21. The van der Waals surface area contributed by atoms with Crippen LogP contribution in [-0.4, -0.2) is 26.7 Å². The Labute approximate surface area is 128 Å². The molecule has 1 aromatic heterocycles. The van der Waals surface area contributed by atoms with E-state index < -0.39 is 0 Å². The van der Waals surface area contributed by atoms with Crippen molar-refractivity contribution in [2.45, 2.75) is 19.3 Å². The van der Waals surface area contributed by atoms with Gasteiger partial charge in [-0.15, -0.1) is 5.10 Å². The second kappa shape index (κ2) is 5.13. The molecule has 0 aliphatic rings. The van der Waals surface area contributed by atoms with Crippen LogP contribution in [0.1, 0.15) is 19.4 Å². The average molecular weight is 302 g/mol. The number of hydrogen-bond donors (Lipinski definition) is 1. The Balaban J connectivity index is 2.24. The van der Waals surface area contributed by atoms with Crippen LogP contribution in [0.5, 0.6) is 0 Å². The summed E-state index contributed by atoms with van der Waals surface area (Å²) in [6.45, 7) is 4.06. The molecule has 1 heterocycles. The molecule has 0 radical (unpaired) electrons. The summed E-state index contributed by atoms with van der Waals surface area (Å²) in [4.78, 5) is 0. The number of aliphatic hydroxyl groups excluding tert-OH is 1. The third-order valence-corrected chi connectivity index (χ3v) is 3.90. The lowest BCUT2D eigenvalue weighted by Gasteiger charge is -2.25. The van der Waals surface area contributed by atoms with Crippen molar-refractivity contribution in [2.75, 3.05) is 6.61 Å². The molecule has 1 N–H and O–H groups in total. The summed E-state index contributed by atoms with van der Waals surface area (Å²) >= 11 is 5.99. The highest BCUT2D eigenvalue weighted by molar-refractivity contribution is 6.31. The zero-order valence-electron chi connectivity index (χ0n) is 11.9. The zero-order valence-corrected chi connectivity index (χ0v) is 12.7. The molecule has 0 atom stereocenters. The van der Waals surface area contributed by atoms with Gasteiger partial charge in [0, 0.05) is 10.4 Å². The fourth-order valence-corrected chi connectivity index (χ4v) is 2.56. The van der Waals surface area contributed by atoms with Gasteiger partial charge >= 0.3 is 0 Å². The van der Waals surface area contributed by atoms with E-state index in [0.29, 0.717) is 5.02 Å². The standard InChI is InChI=1S/C16H16ClN3O/c1-16(2,10-21)12-5-3-4-6-14(12)20-15-8-7-11(17)9-13(15)18-19-20/h3-9,21H,10H2,1-2H3. The Kier molecular flexibility index (Phi) is 3.43. The summed E-state index contributed by atoms with van der Waals surface area (Å²) < 4.78 is 1.79. The lowest BCUT2D eigenvalue weighted by molar-refractivity contribution is 0.218. The molecular weight excluding hydrogens is 286 g/mol. The molecule has 0 fully saturated rings. The molecule has 4 nitrogen and oxygen atoms in total. The maximum Gasteiger partial charge on any atom is 0.115 e. The van der Waals surface area contributed by atoms with Gasteiger partial charge in [-0.2, -0.15) is 0 Å². The van der Waals surface area contributed by atoms with Gasteiger partial charge in [-0.3, -0.25) is 0 Å². The van der Waals surface area contributed by atoms with E-state index in [-0.39, 0.29) is 12.0 Å². The van der Waals surface area contributed by atoms with Crippen LogP contribution < -0.4 is 0 Å². The zero-order chi connectivity index (χ0) is 15.0. The van der Waals surface area contributed by atoms with Crippen molar-refractivity contribution in [3.8, 4) is 5.69 Å². The number of rotatable bonds is 3. The van der Waals surface area contributed by atoms with Crippen molar-refractivity contribution >= 4 is 22.6 Å². The second-order valence-corrected chi connectivity index (χ2v) is 6.13. The van der Waals surface area contributed by atoms with Crippen LogP contribution in [0.25, 0.3) is 16.7 Å². The predicted molar refractivity (Wildman–Crippen MR) is 84.0 cm³/mol. The van der Waals surface area contributed by atoms with E-state index in [2.05, 4.69) is 10.3 Å². The van der Waals surface area contributed by atoms with Crippen LogP contribution in [0.2, 0.25) is 5.02 Å². The lowest BCUT2D eigenvalue weighted by atomic mass is 9.84. The minimum absolute atomic E-state index is 0.0580. The molecule has 0 aliphatic carbocycles. The van der Waals surface area contributed by atoms with Crippen LogP contribution in [0, 0.1) is 0 Å². The van der Waals surface area contributed by atoms with E-state index in [0.717, 1.165) is 22.3 Å². The fraction of sp³-hybridized carbons (Fsp3) is 0.250. The second-order valence-electron chi connectivity index (χ2n) is 5.69. The number of nitrogens with zero attached hydrogens (tertiary/aromatic N) is 3. The smallest absolute Gasteiger partial charge is 0.115 e. The molecule has 108 valence electrons. The van der Waals surface area contributed by atoms with Crippen LogP contribution >= 0.6 is 11.6 Å². The quantitative estimate of drug-likeness (QED) is 0.807. The Morgan fingerprint density at radius 2 is 1.95 bits per heavy atom. The summed E-state index contributed by atoms with van der Waals surface area (Å²) in [6.07, 6.45) is 0. The highest BCUT2D eigenvalue weighted by Gasteiger charge is 2.24. The lowest BCUT2D eigenvalue weighted by Crippen LogP contribution is -2.24. The number of aromatic nitrogens is 3. The van der Waals surface area contributed by atoms with E-state index in [1.54, 1.807) is 10.7 Å². The molecule has 0 spiro atoms. The third-order valence-electron chi connectivity index (χ3n) is 3.66. The first-order valence-electron chi connectivity index (χ1n) is 6.74. The van der Waals surface area contributed by atoms with Gasteiger partial charge in [0.25, 0.3) is 0 Å². The number of halogens is 1. The predicted octanol–water partition coefficient (Wildman–Crippen LogP) is 3.34. The summed E-state index contributed by atoms with van der Waals surface area (Å²) in [6, 6.07) is 13.4. The van der Waals surface area contributed by atoms with Gasteiger partial charge in [0.05, 0.1) is 17.8 Å². The minimum atomic E-state index is -0.360. The topological polar surface area (TPSA) is 50.9 Å². The summed E-state index contributed by atoms with van der Waals surface area (Å²) in [5.74, 6) is 0. The van der Waals surface area contributed by atoms with Crippen molar-refractivity contribution in [3.63, 3.8) is 0 Å². The maximum absolute atomic E-state index is 9.66. The van der Waals surface area contributed by atoms with Crippen molar-refractivity contribution in [2.24, 2.45) is 0 Å². The Hall–Kier alpha value is -1.91. The Bertz CT molecular complexity index is 795. The van der Waals surface area contributed by atoms with Gasteiger partial charge < -0.3 is 5.11 Å². The molecule has 3 rings (SSSR count). The average Bonchev–Trinajstić information content (AvgIpc) is 2.90. The van der Waals surface area contributed by atoms with E-state index in [1.165, 1.54) is 0 Å². The molecule has 3 aromatic rings. The van der Waals surface area contributed by atoms with E-state index in [1.807, 2.05) is 50.2 Å². The van der Waals surface area contributed by atoms with Crippen molar-refractivity contribution < 1.29 is 5.11 Å². The molecule has 0 saturated heterocycles. The maximum atomic E-state index is 9.66. The van der Waals surface area contributed by atoms with Crippen molar-refractivity contribution in [1.82, 2.24) is 15.0 Å². The third kappa shape index (κ3) is 2.41. The summed E-state index contributed by atoms with van der Waals surface area (Å²) in [7, 11) is 0. The number of aliphatic hydroxyl groups is 1. The molecule has 5 heteroatoms. The Morgan fingerprint density at radius 1 is 1.19 bits per heavy atom. The molecular formula is C16H16ClN3O. The van der Waals surface area contributed by atoms with Gasteiger partial charge in [-0.1, -0.05) is 48.9 Å². The van der Waals surface area contributed by atoms with Crippen LogP contribution in [-0.2, 0) is 5.41 Å². The van der Waals surface area contributed by atoms with Gasteiger partial charge in [0.15, 0.2) is 0 Å². The molecule has 0 saturated carbocycles. The fourth-order valence-electron chi connectivity index (χ4n) is 2.39. The van der Waals surface area contributed by atoms with E-state index in [9.17, 15) is 5.11 Å². The molecule has 0 amide bonds. The molecule has 0 bridgehead atoms. The summed E-state index contributed by atoms with van der Waals surface area (Å²) in [5.41, 5.74) is 3.22. The normalized spacial score (nSPS) is 12.0. The van der Waals surface area contributed by atoms with Crippen LogP contribution in [0.3, 0.4) is 0 Å². The Morgan fingerprint density at radius 3 is 2.71 bits per heavy atom. The number of fused-ring (bicyclic) bond motifs is 1. The number of hydrogen-bond acceptors (Lipinski definition) is 3. The highest BCUT2D eigenvalue weighted by Crippen LogP contribution is 2.30. The van der Waals surface area contributed by atoms with Gasteiger partial charge in [0.1, 0.15) is 5.52 Å². The molecule has 0 aliphatic heterocycles.